The van der Waals surface area contributed by atoms with E-state index in [-0.39, 0.29) is 0 Å². The molecule has 1 atom stereocenters. The molecule has 0 bridgehead atoms. The summed E-state index contributed by atoms with van der Waals surface area (Å²) >= 11 is 0. The molecule has 0 aliphatic heterocycles. The Hall–Kier alpha value is -1.80. The van der Waals surface area contributed by atoms with E-state index >= 15 is 0 Å². The minimum absolute atomic E-state index is 0.531. The van der Waals surface area contributed by atoms with Crippen LogP contribution < -0.4 is 4.74 Å². The third kappa shape index (κ3) is 2.90. The molecule has 94 valence electrons. The Morgan fingerprint density at radius 2 is 1.72 bits per heavy atom. The quantitative estimate of drug-likeness (QED) is 0.874. The first-order valence-corrected chi connectivity index (χ1v) is 6.24. The maximum Gasteiger partial charge on any atom is 0.133 e. The van der Waals surface area contributed by atoms with Crippen LogP contribution in [0.1, 0.15) is 31.1 Å². The van der Waals surface area contributed by atoms with Gasteiger partial charge in [-0.1, -0.05) is 37.3 Å². The average molecular weight is 242 g/mol. The lowest BCUT2D eigenvalue weighted by molar-refractivity contribution is 0.195. The number of para-hydroxylation sites is 1. The molecule has 0 amide bonds. The van der Waals surface area contributed by atoms with Crippen molar-refractivity contribution in [2.24, 2.45) is 0 Å². The highest BCUT2D eigenvalue weighted by molar-refractivity contribution is 5.39. The second kappa shape index (κ2) is 5.69. The highest BCUT2D eigenvalue weighted by Gasteiger charge is 2.08. The predicted octanol–water partition coefficient (Wildman–Crippen LogP) is 4.09. The Bertz CT molecular complexity index is 501. The van der Waals surface area contributed by atoms with E-state index in [2.05, 4.69) is 19.1 Å². The van der Waals surface area contributed by atoms with Crippen molar-refractivity contribution in [2.45, 2.75) is 26.4 Å². The van der Waals surface area contributed by atoms with Gasteiger partial charge in [-0.15, -0.1) is 0 Å². The van der Waals surface area contributed by atoms with Crippen molar-refractivity contribution >= 4 is 0 Å². The van der Waals surface area contributed by atoms with Crippen LogP contribution in [0.2, 0.25) is 0 Å². The molecule has 0 spiro atoms. The largest absolute Gasteiger partial charge is 0.457 e. The van der Waals surface area contributed by atoms with E-state index in [9.17, 15) is 5.11 Å². The first kappa shape index (κ1) is 12.7. The SMILES string of the molecule is CCc1ccc(Oc2ccccc2[C@H](C)O)cc1. The number of hydrogen-bond acceptors (Lipinski definition) is 2. The van der Waals surface area contributed by atoms with E-state index in [0.717, 1.165) is 17.7 Å². The van der Waals surface area contributed by atoms with Gasteiger partial charge in [0.2, 0.25) is 0 Å². The van der Waals surface area contributed by atoms with Gasteiger partial charge in [-0.05, 0) is 37.1 Å². The van der Waals surface area contributed by atoms with Crippen LogP contribution in [0.15, 0.2) is 48.5 Å². The molecule has 0 radical (unpaired) electrons. The number of hydrogen-bond donors (Lipinski definition) is 1. The smallest absolute Gasteiger partial charge is 0.133 e. The molecule has 0 aliphatic carbocycles. The van der Waals surface area contributed by atoms with E-state index < -0.39 is 6.10 Å². The average Bonchev–Trinajstić information content (AvgIpc) is 2.40. The maximum atomic E-state index is 9.68. The van der Waals surface area contributed by atoms with Gasteiger partial charge in [0, 0.05) is 5.56 Å². The van der Waals surface area contributed by atoms with Crippen molar-refractivity contribution in [2.75, 3.05) is 0 Å². The summed E-state index contributed by atoms with van der Waals surface area (Å²) in [5.74, 6) is 1.50. The summed E-state index contributed by atoms with van der Waals surface area (Å²) in [6, 6.07) is 15.6. The minimum atomic E-state index is -0.531. The van der Waals surface area contributed by atoms with Gasteiger partial charge >= 0.3 is 0 Å². The Kier molecular flexibility index (Phi) is 4.00. The lowest BCUT2D eigenvalue weighted by atomic mass is 10.1. The summed E-state index contributed by atoms with van der Waals surface area (Å²) in [7, 11) is 0. The van der Waals surface area contributed by atoms with Crippen molar-refractivity contribution in [1.82, 2.24) is 0 Å². The first-order chi connectivity index (χ1) is 8.70. The van der Waals surface area contributed by atoms with E-state index in [1.165, 1.54) is 5.56 Å². The Morgan fingerprint density at radius 3 is 2.33 bits per heavy atom. The molecule has 1 N–H and O–H groups in total. The third-order valence-electron chi connectivity index (χ3n) is 2.93. The second-order valence-corrected chi connectivity index (χ2v) is 4.31. The predicted molar refractivity (Wildman–Crippen MR) is 73.0 cm³/mol. The first-order valence-electron chi connectivity index (χ1n) is 6.24. The van der Waals surface area contributed by atoms with Gasteiger partial charge in [-0.2, -0.15) is 0 Å². The lowest BCUT2D eigenvalue weighted by Crippen LogP contribution is -1.95. The number of aryl methyl sites for hydroxylation is 1. The molecule has 2 nitrogen and oxygen atoms in total. The van der Waals surface area contributed by atoms with Crippen molar-refractivity contribution in [1.29, 1.82) is 0 Å². The number of benzene rings is 2. The van der Waals surface area contributed by atoms with Crippen molar-refractivity contribution in [3.05, 3.63) is 59.7 Å². The third-order valence-corrected chi connectivity index (χ3v) is 2.93. The Labute approximate surface area is 108 Å². The van der Waals surface area contributed by atoms with Gasteiger partial charge < -0.3 is 9.84 Å². The summed E-state index contributed by atoms with van der Waals surface area (Å²) < 4.78 is 5.81. The van der Waals surface area contributed by atoms with Gasteiger partial charge in [0.25, 0.3) is 0 Å². The normalized spacial score (nSPS) is 12.2. The van der Waals surface area contributed by atoms with Crippen LogP contribution in [0, 0.1) is 0 Å². The van der Waals surface area contributed by atoms with Crippen LogP contribution in [0.3, 0.4) is 0 Å². The van der Waals surface area contributed by atoms with Gasteiger partial charge in [0.15, 0.2) is 0 Å². The summed E-state index contributed by atoms with van der Waals surface area (Å²) in [6.07, 6.45) is 0.487. The molecule has 0 aromatic heterocycles. The van der Waals surface area contributed by atoms with Crippen LogP contribution >= 0.6 is 0 Å². The summed E-state index contributed by atoms with van der Waals surface area (Å²) in [4.78, 5) is 0. The number of ether oxygens (including phenoxy) is 1. The summed E-state index contributed by atoms with van der Waals surface area (Å²) in [5.41, 5.74) is 2.09. The molecule has 2 heteroatoms. The van der Waals surface area contributed by atoms with Gasteiger partial charge in [-0.25, -0.2) is 0 Å². The lowest BCUT2D eigenvalue weighted by Gasteiger charge is -2.13. The van der Waals surface area contributed by atoms with Crippen LogP contribution in [-0.4, -0.2) is 5.11 Å². The molecule has 2 aromatic carbocycles. The molecular formula is C16H18O2. The Balaban J connectivity index is 2.22. The molecule has 0 saturated heterocycles. The maximum absolute atomic E-state index is 9.68. The van der Waals surface area contributed by atoms with E-state index in [1.807, 2.05) is 36.4 Å². The van der Waals surface area contributed by atoms with Crippen molar-refractivity contribution in [3.8, 4) is 11.5 Å². The number of rotatable bonds is 4. The van der Waals surface area contributed by atoms with Crippen molar-refractivity contribution in [3.63, 3.8) is 0 Å². The van der Waals surface area contributed by atoms with Gasteiger partial charge in [0.1, 0.15) is 11.5 Å². The topological polar surface area (TPSA) is 29.5 Å². The molecule has 0 aliphatic rings. The van der Waals surface area contributed by atoms with Crippen LogP contribution in [0.4, 0.5) is 0 Å². The summed E-state index contributed by atoms with van der Waals surface area (Å²) in [6.45, 7) is 3.86. The minimum Gasteiger partial charge on any atom is -0.457 e. The highest BCUT2D eigenvalue weighted by atomic mass is 16.5. The zero-order chi connectivity index (χ0) is 13.0. The molecule has 2 rings (SSSR count). The van der Waals surface area contributed by atoms with Crippen molar-refractivity contribution < 1.29 is 9.84 Å². The van der Waals surface area contributed by atoms with E-state index in [1.54, 1.807) is 6.92 Å². The van der Waals surface area contributed by atoms with Crippen LogP contribution in [0.25, 0.3) is 0 Å². The number of aliphatic hydroxyl groups excluding tert-OH is 1. The molecule has 2 aromatic rings. The highest BCUT2D eigenvalue weighted by Crippen LogP contribution is 2.29. The number of aliphatic hydroxyl groups is 1. The van der Waals surface area contributed by atoms with E-state index in [0.29, 0.717) is 5.75 Å². The molecule has 0 saturated carbocycles. The van der Waals surface area contributed by atoms with Crippen LogP contribution in [0.5, 0.6) is 11.5 Å². The molecule has 0 heterocycles. The van der Waals surface area contributed by atoms with E-state index in [4.69, 9.17) is 4.74 Å². The zero-order valence-corrected chi connectivity index (χ0v) is 10.8. The standard InChI is InChI=1S/C16H18O2/c1-3-13-8-10-14(11-9-13)18-16-7-5-4-6-15(16)12(2)17/h4-12,17H,3H2,1-2H3/t12-/m0/s1. The molecular weight excluding hydrogens is 224 g/mol. The molecule has 0 fully saturated rings. The van der Waals surface area contributed by atoms with Gasteiger partial charge in [-0.3, -0.25) is 0 Å². The second-order valence-electron chi connectivity index (χ2n) is 4.31. The Morgan fingerprint density at radius 1 is 1.06 bits per heavy atom. The zero-order valence-electron chi connectivity index (χ0n) is 10.8. The summed E-state index contributed by atoms with van der Waals surface area (Å²) in [5, 5.41) is 9.68. The fourth-order valence-electron chi connectivity index (χ4n) is 1.84. The fraction of sp³-hybridized carbons (Fsp3) is 0.250. The monoisotopic (exact) mass is 242 g/mol. The fourth-order valence-corrected chi connectivity index (χ4v) is 1.84. The van der Waals surface area contributed by atoms with Crippen LogP contribution in [-0.2, 0) is 6.42 Å². The molecule has 18 heavy (non-hydrogen) atoms. The van der Waals surface area contributed by atoms with Gasteiger partial charge in [0.05, 0.1) is 6.10 Å². The molecule has 0 unspecified atom stereocenters.